The van der Waals surface area contributed by atoms with E-state index in [1.807, 2.05) is 13.8 Å². The number of allylic oxidation sites excluding steroid dienone is 7. The minimum Gasteiger partial charge on any atom is -0.340 e. The summed E-state index contributed by atoms with van der Waals surface area (Å²) in [5.41, 5.74) is 8.72. The van der Waals surface area contributed by atoms with E-state index in [4.69, 9.17) is 9.47 Å². The van der Waals surface area contributed by atoms with Crippen LogP contribution in [0, 0.1) is 5.92 Å². The first-order valence-electron chi connectivity index (χ1n) is 10.4. The number of hydrogen-bond donors (Lipinski definition) is 0. The number of hydrogen-bond acceptors (Lipinski definition) is 2. The first-order chi connectivity index (χ1) is 13.1. The Morgan fingerprint density at radius 3 is 2.67 bits per heavy atom. The van der Waals surface area contributed by atoms with Gasteiger partial charge in [-0.1, -0.05) is 48.6 Å². The Balaban J connectivity index is 1.59. The average Bonchev–Trinajstić information content (AvgIpc) is 3.08. The third kappa shape index (κ3) is 2.26. The van der Waals surface area contributed by atoms with Crippen LogP contribution >= 0.6 is 0 Å². The van der Waals surface area contributed by atoms with Gasteiger partial charge in [0.2, 0.25) is 0 Å². The van der Waals surface area contributed by atoms with Crippen LogP contribution in [0.1, 0.15) is 62.7 Å². The lowest BCUT2D eigenvalue weighted by Gasteiger charge is -2.38. The van der Waals surface area contributed by atoms with Crippen molar-refractivity contribution >= 4 is 0 Å². The number of rotatable bonds is 0. The van der Waals surface area contributed by atoms with Crippen molar-refractivity contribution in [2.45, 2.75) is 63.4 Å². The third-order valence-corrected chi connectivity index (χ3v) is 6.80. The van der Waals surface area contributed by atoms with Crippen LogP contribution in [0.25, 0.3) is 0 Å². The van der Waals surface area contributed by atoms with Crippen LogP contribution in [0.5, 0.6) is 0 Å². The van der Waals surface area contributed by atoms with Crippen molar-refractivity contribution in [3.8, 4) is 0 Å². The molecule has 0 unspecified atom stereocenters. The fourth-order valence-corrected chi connectivity index (χ4v) is 5.78. The van der Waals surface area contributed by atoms with Crippen molar-refractivity contribution in [1.29, 1.82) is 0 Å². The largest absolute Gasteiger partial charge is 0.340 e. The monoisotopic (exact) mass is 358 g/mol. The first-order valence-corrected chi connectivity index (χ1v) is 10.4. The smallest absolute Gasteiger partial charge is 0.164 e. The van der Waals surface area contributed by atoms with Gasteiger partial charge in [-0.15, -0.1) is 0 Å². The molecule has 0 saturated carbocycles. The van der Waals surface area contributed by atoms with Gasteiger partial charge >= 0.3 is 0 Å². The maximum absolute atomic E-state index is 6.53. The summed E-state index contributed by atoms with van der Waals surface area (Å²) in [7, 11) is 0. The molecule has 1 fully saturated rings. The Hall–Kier alpha value is -1.90. The SMILES string of the molecule is CC1(C)O[C@@H]2C3=C4C5=CCCCCC5=C[C@H]4C=C[C@@H]3c3ccccc3[C@H]2O1. The summed E-state index contributed by atoms with van der Waals surface area (Å²) < 4.78 is 13.0. The van der Waals surface area contributed by atoms with Gasteiger partial charge < -0.3 is 9.47 Å². The molecule has 2 nitrogen and oxygen atoms in total. The molecular formula is C25H26O2. The number of benzene rings is 1. The second-order valence-corrected chi connectivity index (χ2v) is 8.92. The van der Waals surface area contributed by atoms with Crippen LogP contribution in [0.2, 0.25) is 0 Å². The maximum Gasteiger partial charge on any atom is 0.164 e. The predicted octanol–water partition coefficient (Wildman–Crippen LogP) is 5.90. The third-order valence-electron chi connectivity index (χ3n) is 6.80. The summed E-state index contributed by atoms with van der Waals surface area (Å²) in [6.07, 6.45) is 14.8. The molecule has 0 bridgehead atoms. The topological polar surface area (TPSA) is 18.5 Å². The van der Waals surface area contributed by atoms with E-state index in [0.29, 0.717) is 11.8 Å². The van der Waals surface area contributed by atoms with E-state index < -0.39 is 5.79 Å². The van der Waals surface area contributed by atoms with Crippen LogP contribution in [-0.2, 0) is 9.47 Å². The summed E-state index contributed by atoms with van der Waals surface area (Å²) in [4.78, 5) is 0. The molecule has 27 heavy (non-hydrogen) atoms. The van der Waals surface area contributed by atoms with Gasteiger partial charge in [-0.05, 0) is 73.0 Å². The van der Waals surface area contributed by atoms with E-state index in [9.17, 15) is 0 Å². The van der Waals surface area contributed by atoms with Gasteiger partial charge in [0, 0.05) is 11.8 Å². The van der Waals surface area contributed by atoms with Gasteiger partial charge in [0.25, 0.3) is 0 Å². The molecule has 0 spiro atoms. The zero-order valence-electron chi connectivity index (χ0n) is 16.1. The second-order valence-electron chi connectivity index (χ2n) is 8.92. The highest BCUT2D eigenvalue weighted by molar-refractivity contribution is 5.65. The fourth-order valence-electron chi connectivity index (χ4n) is 5.78. The van der Waals surface area contributed by atoms with Crippen LogP contribution < -0.4 is 0 Å². The van der Waals surface area contributed by atoms with Gasteiger partial charge in [-0.2, -0.15) is 0 Å². The van der Waals surface area contributed by atoms with E-state index in [-0.39, 0.29) is 12.2 Å². The van der Waals surface area contributed by atoms with Gasteiger partial charge in [0.05, 0.1) is 0 Å². The summed E-state index contributed by atoms with van der Waals surface area (Å²) in [5.74, 6) is 0.172. The van der Waals surface area contributed by atoms with Crippen molar-refractivity contribution in [3.05, 3.63) is 82.0 Å². The van der Waals surface area contributed by atoms with Gasteiger partial charge in [0.15, 0.2) is 5.79 Å². The fraction of sp³-hybridized carbons (Fsp3) is 0.440. The lowest BCUT2D eigenvalue weighted by Crippen LogP contribution is -2.32. The molecule has 1 aliphatic heterocycles. The van der Waals surface area contributed by atoms with Crippen LogP contribution in [0.4, 0.5) is 0 Å². The van der Waals surface area contributed by atoms with E-state index >= 15 is 0 Å². The maximum atomic E-state index is 6.53. The van der Waals surface area contributed by atoms with Crippen molar-refractivity contribution in [1.82, 2.24) is 0 Å². The summed E-state index contributed by atoms with van der Waals surface area (Å²) in [6, 6.07) is 8.79. The lowest BCUT2D eigenvalue weighted by molar-refractivity contribution is -0.144. The Labute approximate surface area is 161 Å². The van der Waals surface area contributed by atoms with Crippen molar-refractivity contribution < 1.29 is 9.47 Å². The zero-order chi connectivity index (χ0) is 18.2. The van der Waals surface area contributed by atoms with E-state index in [1.165, 1.54) is 53.5 Å². The van der Waals surface area contributed by atoms with E-state index in [2.05, 4.69) is 48.6 Å². The van der Waals surface area contributed by atoms with Crippen molar-refractivity contribution in [2.75, 3.05) is 0 Å². The normalized spacial score (nSPS) is 35.3. The molecule has 1 aromatic rings. The van der Waals surface area contributed by atoms with Crippen LogP contribution in [-0.4, -0.2) is 11.9 Å². The zero-order valence-corrected chi connectivity index (χ0v) is 16.1. The van der Waals surface area contributed by atoms with Crippen LogP contribution in [0.15, 0.2) is 70.9 Å². The number of ether oxygens (including phenoxy) is 2. The molecule has 1 aromatic carbocycles. The van der Waals surface area contributed by atoms with E-state index in [0.717, 1.165) is 0 Å². The Kier molecular flexibility index (Phi) is 3.31. The molecule has 4 atom stereocenters. The lowest BCUT2D eigenvalue weighted by atomic mass is 9.69. The minimum atomic E-state index is -0.547. The van der Waals surface area contributed by atoms with Crippen molar-refractivity contribution in [3.63, 3.8) is 0 Å². The molecular weight excluding hydrogens is 332 g/mol. The highest BCUT2D eigenvalue weighted by atomic mass is 16.8. The van der Waals surface area contributed by atoms with Gasteiger partial charge in [0.1, 0.15) is 12.2 Å². The summed E-state index contributed by atoms with van der Waals surface area (Å²) >= 11 is 0. The molecule has 5 aliphatic rings. The van der Waals surface area contributed by atoms with Crippen LogP contribution in [0.3, 0.4) is 0 Å². The molecule has 2 heteroatoms. The molecule has 0 radical (unpaired) electrons. The Morgan fingerprint density at radius 2 is 1.78 bits per heavy atom. The average molecular weight is 358 g/mol. The highest BCUT2D eigenvalue weighted by Gasteiger charge is 2.52. The molecule has 0 aromatic heterocycles. The molecule has 0 amide bonds. The highest BCUT2D eigenvalue weighted by Crippen LogP contribution is 2.57. The summed E-state index contributed by atoms with van der Waals surface area (Å²) in [5, 5.41) is 0. The standard InChI is InChI=1S/C25H26O2/c1-25(2)26-23-20-11-7-6-10-18(20)19-13-12-16-14-15-8-4-3-5-9-17(15)21(16)22(19)24(23)27-25/h6-7,9-14,16,19,23-24H,3-5,8H2,1-2H3/t16-,19-,23-,24-/m1/s1. The first kappa shape index (κ1) is 16.1. The predicted molar refractivity (Wildman–Crippen MR) is 106 cm³/mol. The molecule has 138 valence electrons. The molecule has 1 saturated heterocycles. The number of fused-ring (bicyclic) bond motifs is 9. The summed E-state index contributed by atoms with van der Waals surface area (Å²) in [6.45, 7) is 4.10. The quantitative estimate of drug-likeness (QED) is 0.538. The van der Waals surface area contributed by atoms with Gasteiger partial charge in [-0.25, -0.2) is 0 Å². The second kappa shape index (κ2) is 5.56. The van der Waals surface area contributed by atoms with E-state index in [1.54, 1.807) is 5.57 Å². The van der Waals surface area contributed by atoms with Gasteiger partial charge in [-0.3, -0.25) is 0 Å². The molecule has 4 aliphatic carbocycles. The Morgan fingerprint density at radius 1 is 0.963 bits per heavy atom. The molecule has 1 heterocycles. The van der Waals surface area contributed by atoms with Crippen molar-refractivity contribution in [2.24, 2.45) is 5.92 Å². The minimum absolute atomic E-state index is 0.00229. The Bertz CT molecular complexity index is 943. The molecule has 0 N–H and O–H groups in total. The molecule has 6 rings (SSSR count).